The van der Waals surface area contributed by atoms with E-state index in [1.165, 1.54) is 21.3 Å². The van der Waals surface area contributed by atoms with Gasteiger partial charge in [-0.3, -0.25) is 0 Å². The lowest BCUT2D eigenvalue weighted by Crippen LogP contribution is -2.33. The lowest BCUT2D eigenvalue weighted by atomic mass is 10.1. The minimum atomic E-state index is -1.02. The highest BCUT2D eigenvalue weighted by Crippen LogP contribution is 2.24. The zero-order valence-electron chi connectivity index (χ0n) is 12.7. The fourth-order valence-electron chi connectivity index (χ4n) is 1.56. The van der Waals surface area contributed by atoms with Crippen LogP contribution in [0.15, 0.2) is 29.0 Å². The smallest absolute Gasteiger partial charge is 0.434 e. The van der Waals surface area contributed by atoms with Crippen LogP contribution in [0, 0.1) is 0 Å². The van der Waals surface area contributed by atoms with Gasteiger partial charge in [0.2, 0.25) is 5.79 Å². The number of hydrogen-bond acceptors (Lipinski definition) is 5. The van der Waals surface area contributed by atoms with Gasteiger partial charge in [-0.1, -0.05) is 0 Å². The highest BCUT2D eigenvalue weighted by Gasteiger charge is 2.30. The molecule has 20 heavy (non-hydrogen) atoms. The van der Waals surface area contributed by atoms with Crippen LogP contribution in [-0.2, 0) is 18.9 Å². The van der Waals surface area contributed by atoms with Crippen molar-refractivity contribution < 1.29 is 23.7 Å². The van der Waals surface area contributed by atoms with E-state index in [4.69, 9.17) is 18.9 Å². The zero-order valence-corrected chi connectivity index (χ0v) is 12.7. The molecule has 0 aromatic rings. The van der Waals surface area contributed by atoms with E-state index in [9.17, 15) is 4.79 Å². The van der Waals surface area contributed by atoms with Crippen LogP contribution in [0.25, 0.3) is 0 Å². The molecule has 1 rings (SSSR count). The first-order chi connectivity index (χ1) is 9.25. The number of hydrogen-bond donors (Lipinski definition) is 0. The van der Waals surface area contributed by atoms with Crippen molar-refractivity contribution in [3.05, 3.63) is 24.0 Å². The molecule has 6 nitrogen and oxygen atoms in total. The van der Waals surface area contributed by atoms with Crippen molar-refractivity contribution in [2.45, 2.75) is 32.2 Å². The standard InChI is InChI=1S/C14H21NO5/c1-13(2,3)20-12(16)15-10-7-8-14(18-5,19-6)9-11(10)17-4/h7-9H,1-6H3/b15-10-. The fourth-order valence-corrected chi connectivity index (χ4v) is 1.56. The van der Waals surface area contributed by atoms with Gasteiger partial charge >= 0.3 is 6.09 Å². The van der Waals surface area contributed by atoms with E-state index in [2.05, 4.69) is 4.99 Å². The number of methoxy groups -OCH3 is 3. The van der Waals surface area contributed by atoms with Crippen LogP contribution >= 0.6 is 0 Å². The number of aliphatic imine (C=N–C) groups is 1. The summed E-state index contributed by atoms with van der Waals surface area (Å²) >= 11 is 0. The summed E-state index contributed by atoms with van der Waals surface area (Å²) in [7, 11) is 4.49. The van der Waals surface area contributed by atoms with Crippen LogP contribution in [0.1, 0.15) is 20.8 Å². The van der Waals surface area contributed by atoms with E-state index >= 15 is 0 Å². The van der Waals surface area contributed by atoms with Crippen molar-refractivity contribution in [1.29, 1.82) is 0 Å². The van der Waals surface area contributed by atoms with E-state index < -0.39 is 17.5 Å². The third kappa shape index (κ3) is 4.18. The molecular weight excluding hydrogens is 262 g/mol. The minimum absolute atomic E-state index is 0.353. The SMILES string of the molecule is COC1=CC(OC)(OC)C=C/C1=N/C(=O)OC(C)(C)C. The lowest BCUT2D eigenvalue weighted by molar-refractivity contribution is -0.134. The van der Waals surface area contributed by atoms with Crippen LogP contribution in [-0.4, -0.2) is 44.5 Å². The molecule has 0 aromatic heterocycles. The van der Waals surface area contributed by atoms with Crippen molar-refractivity contribution in [1.82, 2.24) is 0 Å². The fraction of sp³-hybridized carbons (Fsp3) is 0.571. The second kappa shape index (κ2) is 6.19. The summed E-state index contributed by atoms with van der Waals surface area (Å²) in [5.41, 5.74) is -0.245. The lowest BCUT2D eigenvalue weighted by Gasteiger charge is -2.27. The Balaban J connectivity index is 2.99. The van der Waals surface area contributed by atoms with Gasteiger partial charge in [0.25, 0.3) is 0 Å². The Bertz CT molecular complexity index is 453. The molecule has 0 fully saturated rings. The summed E-state index contributed by atoms with van der Waals surface area (Å²) in [4.78, 5) is 15.6. The van der Waals surface area contributed by atoms with Gasteiger partial charge < -0.3 is 18.9 Å². The maximum Gasteiger partial charge on any atom is 0.434 e. The van der Waals surface area contributed by atoms with Gasteiger partial charge in [-0.05, 0) is 32.9 Å². The van der Waals surface area contributed by atoms with Crippen LogP contribution < -0.4 is 0 Å². The second-order valence-electron chi connectivity index (χ2n) is 5.15. The highest BCUT2D eigenvalue weighted by molar-refractivity contribution is 6.11. The van der Waals surface area contributed by atoms with Gasteiger partial charge in [-0.25, -0.2) is 4.79 Å². The van der Waals surface area contributed by atoms with Crippen LogP contribution in [0.4, 0.5) is 4.79 Å². The van der Waals surface area contributed by atoms with E-state index in [1.807, 2.05) is 0 Å². The highest BCUT2D eigenvalue weighted by atomic mass is 16.7. The summed E-state index contributed by atoms with van der Waals surface area (Å²) in [6, 6.07) is 0. The normalized spacial score (nSPS) is 19.7. The van der Waals surface area contributed by atoms with E-state index in [0.717, 1.165) is 0 Å². The quantitative estimate of drug-likeness (QED) is 0.744. The zero-order chi connectivity index (χ0) is 15.4. The third-order valence-electron chi connectivity index (χ3n) is 2.52. The first-order valence-electron chi connectivity index (χ1n) is 6.13. The molecule has 0 heterocycles. The average molecular weight is 283 g/mol. The first kappa shape index (κ1) is 16.4. The number of rotatable bonds is 3. The molecule has 1 aliphatic carbocycles. The number of nitrogens with zero attached hydrogens (tertiary/aromatic N) is 1. The molecule has 0 aliphatic heterocycles. The van der Waals surface area contributed by atoms with Crippen LogP contribution in [0.2, 0.25) is 0 Å². The molecule has 0 atom stereocenters. The second-order valence-corrected chi connectivity index (χ2v) is 5.15. The Morgan fingerprint density at radius 1 is 1.20 bits per heavy atom. The predicted octanol–water partition coefficient (Wildman–Crippen LogP) is 2.45. The topological polar surface area (TPSA) is 66.3 Å². The molecular formula is C14H21NO5. The van der Waals surface area contributed by atoms with E-state index in [0.29, 0.717) is 11.5 Å². The predicted molar refractivity (Wildman–Crippen MR) is 74.7 cm³/mol. The molecule has 6 heteroatoms. The summed E-state index contributed by atoms with van der Waals surface area (Å²) in [5.74, 6) is -0.639. The van der Waals surface area contributed by atoms with Crippen molar-refractivity contribution in [3.63, 3.8) is 0 Å². The summed E-state index contributed by atoms with van der Waals surface area (Å²) < 4.78 is 20.9. The molecule has 0 N–H and O–H groups in total. The molecule has 0 unspecified atom stereocenters. The number of amides is 1. The first-order valence-corrected chi connectivity index (χ1v) is 6.13. The molecule has 0 radical (unpaired) electrons. The van der Waals surface area contributed by atoms with Crippen molar-refractivity contribution in [2.75, 3.05) is 21.3 Å². The Morgan fingerprint density at radius 2 is 1.80 bits per heavy atom. The van der Waals surface area contributed by atoms with Crippen molar-refractivity contribution in [2.24, 2.45) is 4.99 Å². The molecule has 0 saturated heterocycles. The third-order valence-corrected chi connectivity index (χ3v) is 2.52. The maximum absolute atomic E-state index is 11.7. The van der Waals surface area contributed by atoms with Crippen molar-refractivity contribution >= 4 is 11.8 Å². The molecule has 0 saturated carbocycles. The Morgan fingerprint density at radius 3 is 2.25 bits per heavy atom. The summed E-state index contributed by atoms with van der Waals surface area (Å²) in [6.07, 6.45) is 4.15. The summed E-state index contributed by atoms with van der Waals surface area (Å²) in [6.45, 7) is 5.32. The van der Waals surface area contributed by atoms with Gasteiger partial charge in [0.1, 0.15) is 17.1 Å². The number of carbonyl (C=O) groups excluding carboxylic acids is 1. The molecule has 1 amide bonds. The Kier molecular flexibility index (Phi) is 5.08. The molecule has 112 valence electrons. The number of allylic oxidation sites excluding steroid dienone is 1. The average Bonchev–Trinajstić information content (AvgIpc) is 2.37. The van der Waals surface area contributed by atoms with Crippen molar-refractivity contribution in [3.8, 4) is 0 Å². The van der Waals surface area contributed by atoms with Crippen LogP contribution in [0.5, 0.6) is 0 Å². The van der Waals surface area contributed by atoms with E-state index in [-0.39, 0.29) is 0 Å². The Labute approximate surface area is 119 Å². The number of ether oxygens (including phenoxy) is 4. The molecule has 0 spiro atoms. The van der Waals surface area contributed by atoms with Crippen LogP contribution in [0.3, 0.4) is 0 Å². The van der Waals surface area contributed by atoms with E-state index in [1.54, 1.807) is 39.0 Å². The van der Waals surface area contributed by atoms with Gasteiger partial charge in [0.05, 0.1) is 7.11 Å². The summed E-state index contributed by atoms with van der Waals surface area (Å²) in [5, 5.41) is 0. The number of carbonyl (C=O) groups is 1. The maximum atomic E-state index is 11.7. The Hall–Kier alpha value is -1.66. The van der Waals surface area contributed by atoms with Gasteiger partial charge in [-0.15, -0.1) is 0 Å². The molecule has 1 aliphatic rings. The van der Waals surface area contributed by atoms with Gasteiger partial charge in [-0.2, -0.15) is 4.99 Å². The van der Waals surface area contributed by atoms with Gasteiger partial charge in [0.15, 0.2) is 0 Å². The largest absolute Gasteiger partial charge is 0.495 e. The molecule has 0 aromatic carbocycles. The van der Waals surface area contributed by atoms with Gasteiger partial charge in [0, 0.05) is 20.3 Å². The molecule has 0 bridgehead atoms. The monoisotopic (exact) mass is 283 g/mol. The minimum Gasteiger partial charge on any atom is -0.495 e.